The number of hydrogen-bond donors (Lipinski definition) is 1. The molecule has 4 rings (SSSR count). The summed E-state index contributed by atoms with van der Waals surface area (Å²) >= 11 is 5.92. The van der Waals surface area contributed by atoms with Gasteiger partial charge in [-0.1, -0.05) is 23.7 Å². The molecule has 1 aliphatic rings. The number of rotatable bonds is 5. The smallest absolute Gasteiger partial charge is 0.289 e. The van der Waals surface area contributed by atoms with E-state index >= 15 is 0 Å². The van der Waals surface area contributed by atoms with Crippen LogP contribution in [0.25, 0.3) is 11.0 Å². The van der Waals surface area contributed by atoms with Crippen molar-refractivity contribution in [2.75, 3.05) is 13.1 Å². The topological polar surface area (TPSA) is 79.6 Å². The van der Waals surface area contributed by atoms with E-state index in [2.05, 4.69) is 4.72 Å². The molecule has 0 radical (unpaired) electrons. The van der Waals surface area contributed by atoms with Crippen LogP contribution >= 0.6 is 11.6 Å². The van der Waals surface area contributed by atoms with Crippen molar-refractivity contribution in [2.45, 2.75) is 51.5 Å². The van der Waals surface area contributed by atoms with Gasteiger partial charge in [0.1, 0.15) is 4.90 Å². The van der Waals surface area contributed by atoms with Gasteiger partial charge in [-0.2, -0.15) is 0 Å². The van der Waals surface area contributed by atoms with Crippen molar-refractivity contribution in [1.82, 2.24) is 9.62 Å². The van der Waals surface area contributed by atoms with E-state index in [0.717, 1.165) is 30.4 Å². The van der Waals surface area contributed by atoms with E-state index in [1.807, 2.05) is 19.9 Å². The molecule has 1 N–H and O–H groups in total. The predicted molar refractivity (Wildman–Crippen MR) is 126 cm³/mol. The molecule has 0 bridgehead atoms. The first-order chi connectivity index (χ1) is 15.2. The third-order valence-electron chi connectivity index (χ3n) is 6.18. The number of piperidine rings is 1. The molecular weight excluding hydrogens is 448 g/mol. The second-order valence-corrected chi connectivity index (χ2v) is 10.5. The fourth-order valence-electron chi connectivity index (χ4n) is 4.16. The summed E-state index contributed by atoms with van der Waals surface area (Å²) in [5.41, 5.74) is 3.12. The first-order valence-electron chi connectivity index (χ1n) is 10.8. The third-order valence-corrected chi connectivity index (χ3v) is 7.98. The van der Waals surface area contributed by atoms with Gasteiger partial charge in [0.15, 0.2) is 11.3 Å². The largest absolute Gasteiger partial charge is 0.449 e. The number of aryl methyl sites for hydroxylation is 2. The van der Waals surface area contributed by atoms with Crippen molar-refractivity contribution < 1.29 is 17.6 Å². The number of carbonyl (C=O) groups excluding carboxylic acids is 1. The van der Waals surface area contributed by atoms with E-state index in [4.69, 9.17) is 16.0 Å². The number of benzene rings is 2. The first-order valence-corrected chi connectivity index (χ1v) is 12.6. The van der Waals surface area contributed by atoms with Crippen LogP contribution in [0.1, 0.15) is 52.1 Å². The number of carbonyl (C=O) groups is 1. The monoisotopic (exact) mass is 474 g/mol. The summed E-state index contributed by atoms with van der Waals surface area (Å²) in [6.45, 7) is 6.95. The van der Waals surface area contributed by atoms with Crippen LogP contribution in [-0.2, 0) is 16.6 Å². The minimum absolute atomic E-state index is 0.0854. The number of likely N-dealkylation sites (tertiary alicyclic amines) is 1. The van der Waals surface area contributed by atoms with Gasteiger partial charge in [0.2, 0.25) is 10.0 Å². The second kappa shape index (κ2) is 8.89. The van der Waals surface area contributed by atoms with Crippen molar-refractivity contribution in [3.8, 4) is 0 Å². The van der Waals surface area contributed by atoms with Crippen molar-refractivity contribution in [3.63, 3.8) is 0 Å². The maximum absolute atomic E-state index is 13.4. The predicted octanol–water partition coefficient (Wildman–Crippen LogP) is 5.12. The highest BCUT2D eigenvalue weighted by atomic mass is 35.5. The van der Waals surface area contributed by atoms with Crippen LogP contribution < -0.4 is 4.72 Å². The number of nitrogens with zero attached hydrogens (tertiary/aromatic N) is 1. The Balaban J connectivity index is 1.75. The lowest BCUT2D eigenvalue weighted by molar-refractivity contribution is 0.0693. The van der Waals surface area contributed by atoms with Gasteiger partial charge in [-0.15, -0.1) is 0 Å². The Bertz CT molecular complexity index is 1270. The standard InChI is InChI=1S/C24H27ClN2O4S/c1-15-13-20-17(3)21(24(28)27-11-5-4-6-12-27)31-22(20)23(16(15)2)32(29,30)26-14-18-7-9-19(25)10-8-18/h7-10,13,26H,4-6,11-12,14H2,1-3H3. The summed E-state index contributed by atoms with van der Waals surface area (Å²) in [6.07, 6.45) is 3.05. The number of nitrogens with one attached hydrogen (secondary N) is 1. The molecule has 32 heavy (non-hydrogen) atoms. The Morgan fingerprint density at radius 1 is 1.06 bits per heavy atom. The minimum atomic E-state index is -3.90. The molecule has 1 aliphatic heterocycles. The van der Waals surface area contributed by atoms with Gasteiger partial charge in [0.05, 0.1) is 0 Å². The molecule has 0 atom stereocenters. The molecule has 2 heterocycles. The molecule has 1 saturated heterocycles. The molecular formula is C24H27ClN2O4S. The van der Waals surface area contributed by atoms with Gasteiger partial charge in [-0.25, -0.2) is 13.1 Å². The molecule has 0 saturated carbocycles. The van der Waals surface area contributed by atoms with Crippen LogP contribution in [0.15, 0.2) is 39.6 Å². The van der Waals surface area contributed by atoms with E-state index in [1.54, 1.807) is 36.1 Å². The van der Waals surface area contributed by atoms with Gasteiger partial charge >= 0.3 is 0 Å². The Morgan fingerprint density at radius 2 is 1.72 bits per heavy atom. The normalized spacial score (nSPS) is 14.8. The molecule has 170 valence electrons. The zero-order valence-corrected chi connectivity index (χ0v) is 20.1. The van der Waals surface area contributed by atoms with Crippen LogP contribution in [-0.4, -0.2) is 32.3 Å². The summed E-state index contributed by atoms with van der Waals surface area (Å²) in [7, 11) is -3.90. The summed E-state index contributed by atoms with van der Waals surface area (Å²) in [6, 6.07) is 8.88. The number of halogens is 1. The quantitative estimate of drug-likeness (QED) is 0.556. The molecule has 6 nitrogen and oxygen atoms in total. The maximum Gasteiger partial charge on any atom is 0.289 e. The van der Waals surface area contributed by atoms with Crippen LogP contribution in [0.5, 0.6) is 0 Å². The van der Waals surface area contributed by atoms with Crippen LogP contribution in [0.3, 0.4) is 0 Å². The summed E-state index contributed by atoms with van der Waals surface area (Å²) in [4.78, 5) is 15.0. The highest BCUT2D eigenvalue weighted by Gasteiger charge is 2.30. The van der Waals surface area contributed by atoms with Crippen molar-refractivity contribution in [1.29, 1.82) is 0 Å². The van der Waals surface area contributed by atoms with E-state index in [0.29, 0.717) is 34.6 Å². The molecule has 0 unspecified atom stereocenters. The maximum atomic E-state index is 13.4. The molecule has 0 aliphatic carbocycles. The molecule has 2 aromatic carbocycles. The average Bonchev–Trinajstić information content (AvgIpc) is 3.09. The second-order valence-electron chi connectivity index (χ2n) is 8.38. The van der Waals surface area contributed by atoms with E-state index in [9.17, 15) is 13.2 Å². The SMILES string of the molecule is Cc1cc2c(C)c(C(=O)N3CCCCC3)oc2c(S(=O)(=O)NCc2ccc(Cl)cc2)c1C. The van der Waals surface area contributed by atoms with E-state index in [1.165, 1.54) is 0 Å². The number of furan rings is 1. The summed E-state index contributed by atoms with van der Waals surface area (Å²) in [5, 5.41) is 1.24. The van der Waals surface area contributed by atoms with E-state index in [-0.39, 0.29) is 28.7 Å². The fourth-order valence-corrected chi connectivity index (χ4v) is 5.75. The Hall–Kier alpha value is -2.35. The molecule has 1 fully saturated rings. The third kappa shape index (κ3) is 4.29. The highest BCUT2D eigenvalue weighted by Crippen LogP contribution is 2.35. The minimum Gasteiger partial charge on any atom is -0.449 e. The Kier molecular flexibility index (Phi) is 6.34. The number of sulfonamides is 1. The number of amides is 1. The lowest BCUT2D eigenvalue weighted by Crippen LogP contribution is -2.35. The Morgan fingerprint density at radius 3 is 2.38 bits per heavy atom. The van der Waals surface area contributed by atoms with E-state index < -0.39 is 10.0 Å². The Labute approximate surface area is 193 Å². The van der Waals surface area contributed by atoms with Gasteiger partial charge in [-0.3, -0.25) is 4.79 Å². The fraction of sp³-hybridized carbons (Fsp3) is 0.375. The average molecular weight is 475 g/mol. The lowest BCUT2D eigenvalue weighted by atomic mass is 10.0. The van der Waals surface area contributed by atoms with Crippen molar-refractivity contribution >= 4 is 38.5 Å². The zero-order chi connectivity index (χ0) is 23.0. The molecule has 0 spiro atoms. The molecule has 8 heteroatoms. The van der Waals surface area contributed by atoms with Gasteiger partial charge in [-0.05, 0) is 74.9 Å². The van der Waals surface area contributed by atoms with Crippen LogP contribution in [0, 0.1) is 20.8 Å². The van der Waals surface area contributed by atoms with Gasteiger partial charge < -0.3 is 9.32 Å². The molecule has 1 aromatic heterocycles. The molecule has 3 aromatic rings. The van der Waals surface area contributed by atoms with Gasteiger partial charge in [0.25, 0.3) is 5.91 Å². The lowest BCUT2D eigenvalue weighted by Gasteiger charge is -2.25. The number of hydrogen-bond acceptors (Lipinski definition) is 4. The molecule has 1 amide bonds. The summed E-state index contributed by atoms with van der Waals surface area (Å²) < 4.78 is 35.4. The highest BCUT2D eigenvalue weighted by molar-refractivity contribution is 7.89. The summed E-state index contributed by atoms with van der Waals surface area (Å²) in [5.74, 6) is 0.0484. The van der Waals surface area contributed by atoms with Gasteiger partial charge in [0, 0.05) is 35.6 Å². The van der Waals surface area contributed by atoms with Crippen LogP contribution in [0.2, 0.25) is 5.02 Å². The van der Waals surface area contributed by atoms with Crippen molar-refractivity contribution in [2.24, 2.45) is 0 Å². The number of fused-ring (bicyclic) bond motifs is 1. The van der Waals surface area contributed by atoms with Crippen molar-refractivity contribution in [3.05, 3.63) is 63.4 Å². The van der Waals surface area contributed by atoms with Crippen LogP contribution in [0.4, 0.5) is 0 Å². The zero-order valence-electron chi connectivity index (χ0n) is 18.5. The first kappa shape index (κ1) is 22.8.